The van der Waals surface area contributed by atoms with Crippen LogP contribution in [0.15, 0.2) is 55.0 Å². The second kappa shape index (κ2) is 8.50. The lowest BCUT2D eigenvalue weighted by atomic mass is 9.97. The van der Waals surface area contributed by atoms with Crippen LogP contribution in [-0.2, 0) is 13.0 Å². The van der Waals surface area contributed by atoms with Crippen LogP contribution in [0.5, 0.6) is 0 Å². The number of carbonyl (C=O) groups is 1. The number of anilines is 1. The Labute approximate surface area is 183 Å². The van der Waals surface area contributed by atoms with E-state index >= 15 is 0 Å². The SMILES string of the molecule is O=C(c1ncc(CNCCO)s1)N1CCc2c(-c3ccc4nccnc4c3)cccc21. The predicted molar refractivity (Wildman–Crippen MR) is 121 cm³/mol. The van der Waals surface area contributed by atoms with Gasteiger partial charge in [-0.1, -0.05) is 18.2 Å². The number of aliphatic hydroxyl groups excluding tert-OH is 1. The molecule has 0 aliphatic carbocycles. The van der Waals surface area contributed by atoms with Crippen LogP contribution in [0.4, 0.5) is 5.69 Å². The first-order chi connectivity index (χ1) is 15.2. The van der Waals surface area contributed by atoms with E-state index in [0.29, 0.717) is 24.6 Å². The van der Waals surface area contributed by atoms with E-state index in [0.717, 1.165) is 39.1 Å². The molecular formula is C23H21N5O2S. The van der Waals surface area contributed by atoms with E-state index in [1.165, 1.54) is 16.9 Å². The highest BCUT2D eigenvalue weighted by Crippen LogP contribution is 2.37. The molecule has 2 aromatic carbocycles. The van der Waals surface area contributed by atoms with E-state index in [4.69, 9.17) is 5.11 Å². The number of hydrogen-bond donors (Lipinski definition) is 2. The summed E-state index contributed by atoms with van der Waals surface area (Å²) in [4.78, 5) is 29.1. The molecule has 1 amide bonds. The number of nitrogens with zero attached hydrogens (tertiary/aromatic N) is 4. The second-order valence-electron chi connectivity index (χ2n) is 7.30. The van der Waals surface area contributed by atoms with Gasteiger partial charge in [0.15, 0.2) is 5.01 Å². The quantitative estimate of drug-likeness (QED) is 0.456. The zero-order valence-corrected chi connectivity index (χ0v) is 17.6. The van der Waals surface area contributed by atoms with Gasteiger partial charge < -0.3 is 15.3 Å². The average molecular weight is 432 g/mol. The van der Waals surface area contributed by atoms with Crippen LogP contribution in [0.3, 0.4) is 0 Å². The van der Waals surface area contributed by atoms with Gasteiger partial charge in [0.1, 0.15) is 0 Å². The Hall–Kier alpha value is -3.20. The minimum atomic E-state index is -0.0707. The van der Waals surface area contributed by atoms with Crippen molar-refractivity contribution in [3.63, 3.8) is 0 Å². The third-order valence-corrected chi connectivity index (χ3v) is 6.36. The summed E-state index contributed by atoms with van der Waals surface area (Å²) < 4.78 is 0. The van der Waals surface area contributed by atoms with Gasteiger partial charge in [-0.3, -0.25) is 14.8 Å². The lowest BCUT2D eigenvalue weighted by Crippen LogP contribution is -2.28. The maximum atomic E-state index is 13.2. The fourth-order valence-corrected chi connectivity index (χ4v) is 4.77. The van der Waals surface area contributed by atoms with Crippen molar-refractivity contribution in [3.05, 3.63) is 70.4 Å². The molecular weight excluding hydrogens is 410 g/mol. The zero-order valence-electron chi connectivity index (χ0n) is 16.8. The molecule has 5 rings (SSSR count). The molecule has 0 fully saturated rings. The Morgan fingerprint density at radius 2 is 2.00 bits per heavy atom. The van der Waals surface area contributed by atoms with Crippen molar-refractivity contribution in [1.29, 1.82) is 0 Å². The highest BCUT2D eigenvalue weighted by molar-refractivity contribution is 7.13. The van der Waals surface area contributed by atoms with Gasteiger partial charge >= 0.3 is 0 Å². The van der Waals surface area contributed by atoms with E-state index in [-0.39, 0.29) is 12.5 Å². The van der Waals surface area contributed by atoms with Crippen molar-refractivity contribution < 1.29 is 9.90 Å². The van der Waals surface area contributed by atoms with Crippen LogP contribution < -0.4 is 10.2 Å². The topological polar surface area (TPSA) is 91.2 Å². The van der Waals surface area contributed by atoms with E-state index in [1.807, 2.05) is 23.1 Å². The molecule has 2 aromatic heterocycles. The largest absolute Gasteiger partial charge is 0.395 e. The molecule has 0 spiro atoms. The van der Waals surface area contributed by atoms with Crippen molar-refractivity contribution >= 4 is 34.0 Å². The Kier molecular flexibility index (Phi) is 5.42. The monoisotopic (exact) mass is 431 g/mol. The number of nitrogens with one attached hydrogen (secondary N) is 1. The van der Waals surface area contributed by atoms with E-state index < -0.39 is 0 Å². The molecule has 0 saturated carbocycles. The van der Waals surface area contributed by atoms with Crippen LogP contribution in [0.1, 0.15) is 20.2 Å². The standard InChI is InChI=1S/C23H21N5O2S/c29-11-9-24-13-16-14-27-22(31-16)23(30)28-10-6-18-17(2-1-3-21(18)28)15-4-5-19-20(12-15)26-8-7-25-19/h1-5,7-8,12,14,24,29H,6,9-11,13H2. The Bertz CT molecular complexity index is 1260. The van der Waals surface area contributed by atoms with Gasteiger partial charge in [0, 0.05) is 48.8 Å². The molecule has 156 valence electrons. The lowest BCUT2D eigenvalue weighted by molar-refractivity contribution is 0.0989. The Balaban J connectivity index is 1.43. The van der Waals surface area contributed by atoms with Crippen molar-refractivity contribution in [2.75, 3.05) is 24.6 Å². The summed E-state index contributed by atoms with van der Waals surface area (Å²) in [5, 5.41) is 12.5. The summed E-state index contributed by atoms with van der Waals surface area (Å²) >= 11 is 1.39. The fourth-order valence-electron chi connectivity index (χ4n) is 3.94. The second-order valence-corrected chi connectivity index (χ2v) is 8.42. The average Bonchev–Trinajstić information content (AvgIpc) is 3.46. The molecule has 3 heterocycles. The predicted octanol–water partition coefficient (Wildman–Crippen LogP) is 3.04. The molecule has 0 unspecified atom stereocenters. The molecule has 1 aliphatic heterocycles. The Morgan fingerprint density at radius 3 is 2.87 bits per heavy atom. The summed E-state index contributed by atoms with van der Waals surface area (Å²) in [7, 11) is 0. The summed E-state index contributed by atoms with van der Waals surface area (Å²) in [5.41, 5.74) is 6.02. The number of rotatable bonds is 6. The third kappa shape index (κ3) is 3.81. The van der Waals surface area contributed by atoms with E-state index in [9.17, 15) is 4.79 Å². The lowest BCUT2D eigenvalue weighted by Gasteiger charge is -2.16. The van der Waals surface area contributed by atoms with Crippen molar-refractivity contribution in [2.45, 2.75) is 13.0 Å². The molecule has 4 aromatic rings. The van der Waals surface area contributed by atoms with Crippen LogP contribution in [0.2, 0.25) is 0 Å². The third-order valence-electron chi connectivity index (χ3n) is 5.38. The summed E-state index contributed by atoms with van der Waals surface area (Å²) in [6, 6.07) is 12.2. The van der Waals surface area contributed by atoms with Gasteiger partial charge in [-0.15, -0.1) is 11.3 Å². The molecule has 1 aliphatic rings. The van der Waals surface area contributed by atoms with Gasteiger partial charge in [-0.25, -0.2) is 4.98 Å². The summed E-state index contributed by atoms with van der Waals surface area (Å²) in [6.07, 6.45) is 5.92. The minimum Gasteiger partial charge on any atom is -0.395 e. The number of fused-ring (bicyclic) bond motifs is 2. The number of amides is 1. The number of carbonyl (C=O) groups excluding carboxylic acids is 1. The zero-order chi connectivity index (χ0) is 21.2. The number of benzene rings is 2. The summed E-state index contributed by atoms with van der Waals surface area (Å²) in [5.74, 6) is -0.0707. The first-order valence-corrected chi connectivity index (χ1v) is 11.0. The van der Waals surface area contributed by atoms with Gasteiger partial charge in [0.05, 0.1) is 17.6 Å². The molecule has 2 N–H and O–H groups in total. The molecule has 0 bridgehead atoms. The first-order valence-electron chi connectivity index (χ1n) is 10.2. The molecule has 0 atom stereocenters. The highest BCUT2D eigenvalue weighted by atomic mass is 32.1. The molecule has 8 heteroatoms. The first kappa shape index (κ1) is 19.7. The molecule has 31 heavy (non-hydrogen) atoms. The van der Waals surface area contributed by atoms with Crippen LogP contribution in [-0.4, -0.2) is 45.7 Å². The van der Waals surface area contributed by atoms with Gasteiger partial charge in [-0.2, -0.15) is 0 Å². The summed E-state index contributed by atoms with van der Waals surface area (Å²) in [6.45, 7) is 1.83. The van der Waals surface area contributed by atoms with Crippen LogP contribution >= 0.6 is 11.3 Å². The maximum Gasteiger partial charge on any atom is 0.287 e. The van der Waals surface area contributed by atoms with Crippen molar-refractivity contribution in [3.8, 4) is 11.1 Å². The normalized spacial score (nSPS) is 13.0. The molecule has 0 saturated heterocycles. The highest BCUT2D eigenvalue weighted by Gasteiger charge is 2.29. The molecule has 0 radical (unpaired) electrons. The number of hydrogen-bond acceptors (Lipinski definition) is 7. The number of thiazole rings is 1. The van der Waals surface area contributed by atoms with Crippen molar-refractivity contribution in [2.24, 2.45) is 0 Å². The smallest absolute Gasteiger partial charge is 0.287 e. The van der Waals surface area contributed by atoms with Crippen LogP contribution in [0.25, 0.3) is 22.2 Å². The number of aliphatic hydroxyl groups is 1. The number of aromatic nitrogens is 3. The van der Waals surface area contributed by atoms with Crippen molar-refractivity contribution in [1.82, 2.24) is 20.3 Å². The van der Waals surface area contributed by atoms with Gasteiger partial charge in [0.25, 0.3) is 5.91 Å². The Morgan fingerprint density at radius 1 is 1.13 bits per heavy atom. The van der Waals surface area contributed by atoms with E-state index in [2.05, 4.69) is 38.5 Å². The molecule has 7 nitrogen and oxygen atoms in total. The fraction of sp³-hybridized carbons (Fsp3) is 0.217. The van der Waals surface area contributed by atoms with Gasteiger partial charge in [-0.05, 0) is 41.3 Å². The van der Waals surface area contributed by atoms with E-state index in [1.54, 1.807) is 18.6 Å². The minimum absolute atomic E-state index is 0.0707. The van der Waals surface area contributed by atoms with Gasteiger partial charge in [0.2, 0.25) is 0 Å². The van der Waals surface area contributed by atoms with Crippen LogP contribution in [0, 0.1) is 0 Å². The maximum absolute atomic E-state index is 13.2.